The molecule has 3 nitrogen and oxygen atoms in total. The first-order valence-corrected chi connectivity index (χ1v) is 8.90. The highest BCUT2D eigenvalue weighted by molar-refractivity contribution is 7.89. The van der Waals surface area contributed by atoms with Gasteiger partial charge in [0.1, 0.15) is 0 Å². The lowest BCUT2D eigenvalue weighted by Gasteiger charge is -2.25. The van der Waals surface area contributed by atoms with Gasteiger partial charge in [-0.1, -0.05) is 39.8 Å². The van der Waals surface area contributed by atoms with Crippen LogP contribution in [0, 0.1) is 11.8 Å². The van der Waals surface area contributed by atoms with Gasteiger partial charge in [-0.05, 0) is 29.5 Å². The van der Waals surface area contributed by atoms with E-state index in [1.807, 2.05) is 33.8 Å². The quantitative estimate of drug-likeness (QED) is 0.719. The molecule has 0 unspecified atom stereocenters. The number of halogens is 1. The van der Waals surface area contributed by atoms with Crippen molar-refractivity contribution in [2.45, 2.75) is 38.5 Å². The highest BCUT2D eigenvalue weighted by Crippen LogP contribution is 2.20. The second kappa shape index (κ2) is 7.43. The van der Waals surface area contributed by atoms with Crippen LogP contribution in [0.2, 0.25) is 0 Å². The molecule has 0 saturated carbocycles. The Balaban J connectivity index is 3.13. The van der Waals surface area contributed by atoms with Crippen molar-refractivity contribution in [2.75, 3.05) is 13.1 Å². The molecule has 0 heterocycles. The summed E-state index contributed by atoms with van der Waals surface area (Å²) < 4.78 is 27.1. The number of hydrogen-bond acceptors (Lipinski definition) is 2. The molecule has 114 valence electrons. The van der Waals surface area contributed by atoms with Gasteiger partial charge in [-0.2, -0.15) is 4.31 Å². The second-order valence-electron chi connectivity index (χ2n) is 5.89. The van der Waals surface area contributed by atoms with Crippen LogP contribution in [-0.4, -0.2) is 25.8 Å². The zero-order chi connectivity index (χ0) is 15.3. The topological polar surface area (TPSA) is 37.4 Å². The van der Waals surface area contributed by atoms with Crippen LogP contribution in [0.25, 0.3) is 0 Å². The van der Waals surface area contributed by atoms with E-state index in [0.29, 0.717) is 35.7 Å². The summed E-state index contributed by atoms with van der Waals surface area (Å²) in [5, 5.41) is 0. The molecule has 0 bridgehead atoms. The first-order valence-electron chi connectivity index (χ1n) is 6.92. The van der Waals surface area contributed by atoms with E-state index in [0.717, 1.165) is 5.56 Å². The Kier molecular flexibility index (Phi) is 6.49. The summed E-state index contributed by atoms with van der Waals surface area (Å²) in [4.78, 5) is 0.331. The molecule has 0 N–H and O–H groups in total. The molecule has 1 rings (SSSR count). The predicted octanol–water partition coefficient (Wildman–Crippen LogP) is 3.73. The van der Waals surface area contributed by atoms with Crippen molar-refractivity contribution in [3.8, 4) is 0 Å². The highest BCUT2D eigenvalue weighted by atomic mass is 35.5. The Morgan fingerprint density at radius 3 is 2.10 bits per heavy atom. The number of hydrogen-bond donors (Lipinski definition) is 0. The average molecular weight is 318 g/mol. The van der Waals surface area contributed by atoms with Gasteiger partial charge in [0.25, 0.3) is 0 Å². The van der Waals surface area contributed by atoms with E-state index in [2.05, 4.69) is 0 Å². The Morgan fingerprint density at radius 1 is 1.10 bits per heavy atom. The fourth-order valence-electron chi connectivity index (χ4n) is 2.02. The summed E-state index contributed by atoms with van der Waals surface area (Å²) in [6, 6.07) is 6.88. The Bertz CT molecular complexity index is 516. The summed E-state index contributed by atoms with van der Waals surface area (Å²) in [6.45, 7) is 9.17. The van der Waals surface area contributed by atoms with Crippen molar-refractivity contribution < 1.29 is 8.42 Å². The van der Waals surface area contributed by atoms with Crippen LogP contribution in [-0.2, 0) is 15.9 Å². The van der Waals surface area contributed by atoms with Crippen LogP contribution < -0.4 is 0 Å². The number of rotatable bonds is 7. The van der Waals surface area contributed by atoms with Crippen LogP contribution in [0.15, 0.2) is 29.2 Å². The predicted molar refractivity (Wildman–Crippen MR) is 84.4 cm³/mol. The lowest BCUT2D eigenvalue weighted by Crippen LogP contribution is -2.37. The van der Waals surface area contributed by atoms with Gasteiger partial charge in [-0.15, -0.1) is 11.6 Å². The van der Waals surface area contributed by atoms with Gasteiger partial charge in [0.15, 0.2) is 0 Å². The minimum absolute atomic E-state index is 0.291. The zero-order valence-corrected chi connectivity index (χ0v) is 14.2. The molecule has 5 heteroatoms. The maximum Gasteiger partial charge on any atom is 0.243 e. The first-order chi connectivity index (χ1) is 9.27. The van der Waals surface area contributed by atoms with Gasteiger partial charge in [0.2, 0.25) is 10.0 Å². The molecule has 20 heavy (non-hydrogen) atoms. The van der Waals surface area contributed by atoms with Gasteiger partial charge in [-0.25, -0.2) is 8.42 Å². The molecular weight excluding hydrogens is 294 g/mol. The second-order valence-corrected chi connectivity index (χ2v) is 8.10. The molecule has 0 aliphatic carbocycles. The maximum atomic E-state index is 12.8. The van der Waals surface area contributed by atoms with Crippen molar-refractivity contribution in [3.63, 3.8) is 0 Å². The SMILES string of the molecule is CC(C)CN(CC(C)C)S(=O)(=O)c1cccc(CCl)c1. The first kappa shape index (κ1) is 17.5. The summed E-state index contributed by atoms with van der Waals surface area (Å²) in [6.07, 6.45) is 0. The van der Waals surface area contributed by atoms with Crippen LogP contribution in [0.5, 0.6) is 0 Å². The molecule has 0 spiro atoms. The lowest BCUT2D eigenvalue weighted by molar-refractivity contribution is 0.333. The molecule has 0 aromatic heterocycles. The van der Waals surface area contributed by atoms with Crippen LogP contribution in [0.3, 0.4) is 0 Å². The van der Waals surface area contributed by atoms with Gasteiger partial charge in [-0.3, -0.25) is 0 Å². The van der Waals surface area contributed by atoms with Gasteiger partial charge >= 0.3 is 0 Å². The van der Waals surface area contributed by atoms with Crippen molar-refractivity contribution >= 4 is 21.6 Å². The Hall–Kier alpha value is -0.580. The molecule has 0 aliphatic rings. The minimum atomic E-state index is -3.45. The monoisotopic (exact) mass is 317 g/mol. The van der Waals surface area contributed by atoms with Gasteiger partial charge in [0.05, 0.1) is 4.90 Å². The highest BCUT2D eigenvalue weighted by Gasteiger charge is 2.25. The summed E-state index contributed by atoms with van der Waals surface area (Å²) >= 11 is 5.79. The van der Waals surface area contributed by atoms with Crippen LogP contribution >= 0.6 is 11.6 Å². The van der Waals surface area contributed by atoms with Crippen molar-refractivity contribution in [1.29, 1.82) is 0 Å². The molecule has 1 aromatic rings. The lowest BCUT2D eigenvalue weighted by atomic mass is 10.2. The summed E-state index contributed by atoms with van der Waals surface area (Å²) in [5.74, 6) is 0.900. The van der Waals surface area contributed by atoms with E-state index >= 15 is 0 Å². The minimum Gasteiger partial charge on any atom is -0.207 e. The van der Waals surface area contributed by atoms with E-state index in [9.17, 15) is 8.42 Å². The third-order valence-electron chi connectivity index (χ3n) is 2.83. The largest absolute Gasteiger partial charge is 0.243 e. The van der Waals surface area contributed by atoms with Crippen molar-refractivity contribution in [2.24, 2.45) is 11.8 Å². The van der Waals surface area contributed by atoms with Gasteiger partial charge in [0, 0.05) is 19.0 Å². The fourth-order valence-corrected chi connectivity index (χ4v) is 4.03. The number of nitrogens with zero attached hydrogens (tertiary/aromatic N) is 1. The summed E-state index contributed by atoms with van der Waals surface area (Å²) in [7, 11) is -3.45. The average Bonchev–Trinajstić information content (AvgIpc) is 2.37. The summed E-state index contributed by atoms with van der Waals surface area (Å²) in [5.41, 5.74) is 0.821. The standard InChI is InChI=1S/C15H24ClNO2S/c1-12(2)10-17(11-13(3)4)20(18,19)15-7-5-6-14(8-15)9-16/h5-8,12-13H,9-11H2,1-4H3. The van der Waals surface area contributed by atoms with E-state index in [4.69, 9.17) is 11.6 Å². The molecule has 0 atom stereocenters. The molecule has 1 aromatic carbocycles. The van der Waals surface area contributed by atoms with Gasteiger partial charge < -0.3 is 0 Å². The van der Waals surface area contributed by atoms with E-state index < -0.39 is 10.0 Å². The number of alkyl halides is 1. The third kappa shape index (κ3) is 4.76. The molecule has 0 aliphatic heterocycles. The van der Waals surface area contributed by atoms with Crippen LogP contribution in [0.1, 0.15) is 33.3 Å². The Morgan fingerprint density at radius 2 is 1.65 bits per heavy atom. The van der Waals surface area contributed by atoms with Crippen molar-refractivity contribution in [1.82, 2.24) is 4.31 Å². The van der Waals surface area contributed by atoms with Crippen LogP contribution in [0.4, 0.5) is 0 Å². The molecule has 0 saturated heterocycles. The molecule has 0 amide bonds. The number of sulfonamides is 1. The molecule has 0 radical (unpaired) electrons. The number of benzene rings is 1. The Labute approximate surface area is 128 Å². The smallest absolute Gasteiger partial charge is 0.207 e. The third-order valence-corrected chi connectivity index (χ3v) is 4.96. The maximum absolute atomic E-state index is 12.8. The zero-order valence-electron chi connectivity index (χ0n) is 12.6. The van der Waals surface area contributed by atoms with E-state index in [1.54, 1.807) is 22.5 Å². The fraction of sp³-hybridized carbons (Fsp3) is 0.600. The van der Waals surface area contributed by atoms with Crippen molar-refractivity contribution in [3.05, 3.63) is 29.8 Å². The normalized spacial score (nSPS) is 12.6. The molecular formula is C15H24ClNO2S. The van der Waals surface area contributed by atoms with E-state index in [1.165, 1.54) is 0 Å². The molecule has 0 fully saturated rings. The van der Waals surface area contributed by atoms with E-state index in [-0.39, 0.29) is 0 Å².